The van der Waals surface area contributed by atoms with E-state index in [1.807, 2.05) is 20.8 Å². The third-order valence-electron chi connectivity index (χ3n) is 4.47. The largest absolute Gasteiger partial charge is 0.487 e. The molecule has 10 nitrogen and oxygen atoms in total. The first-order valence-electron chi connectivity index (χ1n) is 10.8. The number of anilines is 2. The van der Waals surface area contributed by atoms with Crippen LogP contribution in [-0.4, -0.2) is 37.8 Å². The minimum Gasteiger partial charge on any atom is -0.487 e. The number of fused-ring (bicyclic) bond motifs is 1. The monoisotopic (exact) mass is 457 g/mol. The van der Waals surface area contributed by atoms with Gasteiger partial charge >= 0.3 is 11.8 Å². The Morgan fingerprint density at radius 1 is 1.21 bits per heavy atom. The molecule has 1 amide bonds. The number of nitro groups is 1. The maximum absolute atomic E-state index is 13.3. The molecule has 0 saturated carbocycles. The van der Waals surface area contributed by atoms with Crippen LogP contribution in [0.2, 0.25) is 0 Å². The molecule has 3 rings (SSSR count). The molecule has 33 heavy (non-hydrogen) atoms. The minimum absolute atomic E-state index is 0.118. The molecule has 0 aliphatic heterocycles. The molecule has 10 heteroatoms. The SMILES string of the molecule is CC.CCOc1ccc(N(C(=O)OC(C)(C)C)c2c(C)c(C)nc3ccnn23)cc1[N+](=O)[O-]. The van der Waals surface area contributed by atoms with Crippen LogP contribution in [0.25, 0.3) is 5.65 Å². The predicted molar refractivity (Wildman–Crippen MR) is 126 cm³/mol. The maximum Gasteiger partial charge on any atom is 0.420 e. The second-order valence-corrected chi connectivity index (χ2v) is 7.90. The summed E-state index contributed by atoms with van der Waals surface area (Å²) in [4.78, 5) is 30.2. The summed E-state index contributed by atoms with van der Waals surface area (Å²) in [5.41, 5.74) is 1.11. The Morgan fingerprint density at radius 3 is 2.45 bits per heavy atom. The second-order valence-electron chi connectivity index (χ2n) is 7.90. The van der Waals surface area contributed by atoms with Gasteiger partial charge in [0.25, 0.3) is 0 Å². The zero-order valence-corrected chi connectivity index (χ0v) is 20.4. The van der Waals surface area contributed by atoms with Gasteiger partial charge in [-0.3, -0.25) is 10.1 Å². The number of rotatable bonds is 5. The van der Waals surface area contributed by atoms with Gasteiger partial charge in [0.2, 0.25) is 0 Å². The Kier molecular flexibility index (Phi) is 7.97. The summed E-state index contributed by atoms with van der Waals surface area (Å²) < 4.78 is 12.5. The standard InChI is InChI=1S/C21H25N5O5.C2H6/c1-7-30-17-9-8-15(12-16(17)26(28)29)24(20(27)31-21(4,5)6)19-13(2)14(3)23-18-10-11-22-25(18)19;1-2/h8-12H,7H2,1-6H3;1-2H3. The van der Waals surface area contributed by atoms with Gasteiger partial charge in [-0.2, -0.15) is 9.61 Å². The molecular weight excluding hydrogens is 426 g/mol. The average Bonchev–Trinajstić information content (AvgIpc) is 3.20. The number of hydrogen-bond acceptors (Lipinski definition) is 7. The number of ether oxygens (including phenoxy) is 2. The lowest BCUT2D eigenvalue weighted by Crippen LogP contribution is -2.35. The van der Waals surface area contributed by atoms with E-state index in [1.165, 1.54) is 21.5 Å². The first-order chi connectivity index (χ1) is 15.5. The highest BCUT2D eigenvalue weighted by Gasteiger charge is 2.31. The zero-order chi connectivity index (χ0) is 24.9. The van der Waals surface area contributed by atoms with E-state index in [4.69, 9.17) is 9.47 Å². The highest BCUT2D eigenvalue weighted by Crippen LogP contribution is 2.37. The molecule has 0 aliphatic rings. The van der Waals surface area contributed by atoms with Crippen molar-refractivity contribution >= 4 is 28.9 Å². The topological polar surface area (TPSA) is 112 Å². The molecule has 0 fully saturated rings. The van der Waals surface area contributed by atoms with Crippen molar-refractivity contribution in [3.8, 4) is 5.75 Å². The number of carbonyl (C=O) groups excluding carboxylic acids is 1. The number of aromatic nitrogens is 3. The average molecular weight is 458 g/mol. The lowest BCUT2D eigenvalue weighted by molar-refractivity contribution is -0.385. The van der Waals surface area contributed by atoms with Crippen molar-refractivity contribution in [3.05, 3.63) is 51.8 Å². The van der Waals surface area contributed by atoms with Gasteiger partial charge in [0.05, 0.1) is 23.4 Å². The number of nitrogens with zero attached hydrogens (tertiary/aromatic N) is 5. The van der Waals surface area contributed by atoms with Gasteiger partial charge in [0.15, 0.2) is 17.2 Å². The quantitative estimate of drug-likeness (QED) is 0.354. The van der Waals surface area contributed by atoms with Crippen LogP contribution in [0.5, 0.6) is 5.75 Å². The van der Waals surface area contributed by atoms with Crippen molar-refractivity contribution in [2.24, 2.45) is 0 Å². The van der Waals surface area contributed by atoms with Crippen LogP contribution < -0.4 is 9.64 Å². The Hall–Kier alpha value is -3.69. The van der Waals surface area contributed by atoms with E-state index in [2.05, 4.69) is 10.1 Å². The lowest BCUT2D eigenvalue weighted by atomic mass is 10.2. The summed E-state index contributed by atoms with van der Waals surface area (Å²) in [6.07, 6.45) is 0.870. The summed E-state index contributed by atoms with van der Waals surface area (Å²) in [6.45, 7) is 14.9. The minimum atomic E-state index is -0.786. The third-order valence-corrected chi connectivity index (χ3v) is 4.47. The van der Waals surface area contributed by atoms with E-state index in [9.17, 15) is 14.9 Å². The number of carbonyl (C=O) groups is 1. The van der Waals surface area contributed by atoms with Gasteiger partial charge < -0.3 is 9.47 Å². The maximum atomic E-state index is 13.3. The van der Waals surface area contributed by atoms with E-state index in [1.54, 1.807) is 52.9 Å². The molecule has 3 aromatic rings. The normalized spacial score (nSPS) is 10.9. The first kappa shape index (κ1) is 25.6. The van der Waals surface area contributed by atoms with Gasteiger partial charge in [-0.1, -0.05) is 13.8 Å². The number of benzene rings is 1. The summed E-state index contributed by atoms with van der Waals surface area (Å²) in [5, 5.41) is 16.0. The summed E-state index contributed by atoms with van der Waals surface area (Å²) in [6, 6.07) is 6.05. The van der Waals surface area contributed by atoms with Crippen LogP contribution in [0, 0.1) is 24.0 Å². The Balaban J connectivity index is 0.00000187. The van der Waals surface area contributed by atoms with Gasteiger partial charge in [0.1, 0.15) is 5.60 Å². The van der Waals surface area contributed by atoms with Crippen molar-refractivity contribution in [2.75, 3.05) is 11.5 Å². The molecule has 2 heterocycles. The highest BCUT2D eigenvalue weighted by molar-refractivity contribution is 5.97. The Morgan fingerprint density at radius 2 is 1.88 bits per heavy atom. The number of nitro benzene ring substituents is 1. The van der Waals surface area contributed by atoms with E-state index >= 15 is 0 Å². The molecule has 0 bridgehead atoms. The van der Waals surface area contributed by atoms with Gasteiger partial charge in [-0.15, -0.1) is 0 Å². The van der Waals surface area contributed by atoms with Crippen LogP contribution in [0.15, 0.2) is 30.5 Å². The lowest BCUT2D eigenvalue weighted by Gasteiger charge is -2.29. The molecule has 0 atom stereocenters. The second kappa shape index (κ2) is 10.3. The van der Waals surface area contributed by atoms with Crippen molar-refractivity contribution in [2.45, 2.75) is 61.0 Å². The fourth-order valence-electron chi connectivity index (χ4n) is 3.07. The molecule has 0 spiro atoms. The molecule has 0 saturated heterocycles. The third kappa shape index (κ3) is 5.57. The van der Waals surface area contributed by atoms with Gasteiger partial charge in [0, 0.05) is 23.4 Å². The van der Waals surface area contributed by atoms with Crippen molar-refractivity contribution in [1.29, 1.82) is 0 Å². The molecule has 1 aromatic carbocycles. The fraction of sp³-hybridized carbons (Fsp3) is 0.435. The molecule has 178 valence electrons. The van der Waals surface area contributed by atoms with Crippen LogP contribution in [0.3, 0.4) is 0 Å². The van der Waals surface area contributed by atoms with Gasteiger partial charge in [-0.05, 0) is 53.7 Å². The molecular formula is C23H31N5O5. The molecule has 0 N–H and O–H groups in total. The molecule has 0 aliphatic carbocycles. The molecule has 0 radical (unpaired) electrons. The van der Waals surface area contributed by atoms with Crippen LogP contribution in [0.1, 0.15) is 52.8 Å². The van der Waals surface area contributed by atoms with E-state index in [0.29, 0.717) is 22.7 Å². The van der Waals surface area contributed by atoms with E-state index < -0.39 is 16.6 Å². The molecule has 0 unspecified atom stereocenters. The Bertz CT molecular complexity index is 1150. The summed E-state index contributed by atoms with van der Waals surface area (Å²) in [7, 11) is 0. The Labute approximate surface area is 193 Å². The first-order valence-corrected chi connectivity index (χ1v) is 10.8. The fourth-order valence-corrected chi connectivity index (χ4v) is 3.07. The van der Waals surface area contributed by atoms with Crippen LogP contribution in [0.4, 0.5) is 22.0 Å². The van der Waals surface area contributed by atoms with Crippen molar-refractivity contribution in [3.63, 3.8) is 0 Å². The number of hydrogen-bond donors (Lipinski definition) is 0. The zero-order valence-electron chi connectivity index (χ0n) is 20.4. The summed E-state index contributed by atoms with van der Waals surface area (Å²) >= 11 is 0. The predicted octanol–water partition coefficient (Wildman–Crippen LogP) is 5.75. The van der Waals surface area contributed by atoms with Crippen LogP contribution >= 0.6 is 0 Å². The van der Waals surface area contributed by atoms with E-state index in [-0.39, 0.29) is 23.7 Å². The number of aryl methyl sites for hydroxylation is 1. The van der Waals surface area contributed by atoms with Crippen molar-refractivity contribution < 1.29 is 19.2 Å². The smallest absolute Gasteiger partial charge is 0.420 e. The van der Waals surface area contributed by atoms with Crippen LogP contribution in [-0.2, 0) is 4.74 Å². The highest BCUT2D eigenvalue weighted by atomic mass is 16.6. The van der Waals surface area contributed by atoms with E-state index in [0.717, 1.165) is 0 Å². The molecule has 2 aromatic heterocycles. The summed E-state index contributed by atoms with van der Waals surface area (Å²) in [5.74, 6) is 0.507. The number of amides is 1. The van der Waals surface area contributed by atoms with Gasteiger partial charge in [-0.25, -0.2) is 14.7 Å². The van der Waals surface area contributed by atoms with Crippen molar-refractivity contribution in [1.82, 2.24) is 14.6 Å².